The van der Waals surface area contributed by atoms with Gasteiger partial charge in [0.15, 0.2) is 0 Å². The van der Waals surface area contributed by atoms with Gasteiger partial charge in [-0.25, -0.2) is 9.71 Å². The average Bonchev–Trinajstić information content (AvgIpc) is 2.88. The minimum Gasteiger partial charge on any atom is -0.349 e. The van der Waals surface area contributed by atoms with Gasteiger partial charge in [0.2, 0.25) is 0 Å². The molecule has 7 heteroatoms. The summed E-state index contributed by atoms with van der Waals surface area (Å²) in [4.78, 5) is 7.11. The molecule has 19 heavy (non-hydrogen) atoms. The molecule has 1 aromatic rings. The maximum Gasteiger partial charge on any atom is 0.279 e. The van der Waals surface area contributed by atoms with Crippen LogP contribution in [0.2, 0.25) is 0 Å². The van der Waals surface area contributed by atoms with Gasteiger partial charge in [0.25, 0.3) is 10.2 Å². The van der Waals surface area contributed by atoms with Gasteiger partial charge in [-0.15, -0.1) is 0 Å². The van der Waals surface area contributed by atoms with Crippen LogP contribution in [0.25, 0.3) is 0 Å². The highest BCUT2D eigenvalue weighted by molar-refractivity contribution is 7.87. The molecular weight excluding hydrogens is 264 g/mol. The van der Waals surface area contributed by atoms with E-state index in [0.717, 1.165) is 31.5 Å². The van der Waals surface area contributed by atoms with Gasteiger partial charge >= 0.3 is 0 Å². The molecule has 1 aromatic heterocycles. The highest BCUT2D eigenvalue weighted by Gasteiger charge is 2.25. The standard InChI is InChI=1S/C12H22N4O2S/c1-11-4-9-16(10-5-11)19(17,18)15-6-2-3-12-13-7-8-14-12/h7-8,11,15H,2-6,9-10H2,1H3,(H,13,14). The fraction of sp³-hybridized carbons (Fsp3) is 0.750. The number of piperidine rings is 1. The van der Waals surface area contributed by atoms with Crippen LogP contribution in [0.15, 0.2) is 12.4 Å². The summed E-state index contributed by atoms with van der Waals surface area (Å²) in [5, 5.41) is 0. The predicted octanol–water partition coefficient (Wildman–Crippen LogP) is 0.909. The zero-order valence-electron chi connectivity index (χ0n) is 11.3. The van der Waals surface area contributed by atoms with Crippen molar-refractivity contribution in [1.82, 2.24) is 19.0 Å². The molecule has 2 heterocycles. The Morgan fingerprint density at radius 1 is 1.47 bits per heavy atom. The molecule has 0 radical (unpaired) electrons. The van der Waals surface area contributed by atoms with Gasteiger partial charge in [-0.3, -0.25) is 0 Å². The fourth-order valence-electron chi connectivity index (χ4n) is 2.21. The fourth-order valence-corrected chi connectivity index (χ4v) is 3.48. The average molecular weight is 286 g/mol. The Morgan fingerprint density at radius 3 is 2.84 bits per heavy atom. The van der Waals surface area contributed by atoms with Crippen molar-refractivity contribution in [2.75, 3.05) is 19.6 Å². The van der Waals surface area contributed by atoms with E-state index < -0.39 is 10.2 Å². The van der Waals surface area contributed by atoms with Crippen molar-refractivity contribution in [3.8, 4) is 0 Å². The third kappa shape index (κ3) is 4.29. The quantitative estimate of drug-likeness (QED) is 0.763. The number of hydrogen-bond acceptors (Lipinski definition) is 3. The summed E-state index contributed by atoms with van der Waals surface area (Å²) >= 11 is 0. The predicted molar refractivity (Wildman–Crippen MR) is 73.8 cm³/mol. The van der Waals surface area contributed by atoms with E-state index in [0.29, 0.717) is 25.6 Å². The van der Waals surface area contributed by atoms with E-state index in [9.17, 15) is 8.42 Å². The molecule has 1 aliphatic rings. The van der Waals surface area contributed by atoms with Gasteiger partial charge in [0, 0.05) is 38.4 Å². The molecule has 0 aromatic carbocycles. The highest BCUT2D eigenvalue weighted by atomic mass is 32.2. The number of aromatic nitrogens is 2. The molecule has 6 nitrogen and oxygen atoms in total. The third-order valence-corrected chi connectivity index (χ3v) is 5.13. The van der Waals surface area contributed by atoms with Crippen molar-refractivity contribution in [3.63, 3.8) is 0 Å². The number of nitrogens with one attached hydrogen (secondary N) is 2. The first-order chi connectivity index (χ1) is 9.08. The molecule has 0 saturated carbocycles. The van der Waals surface area contributed by atoms with E-state index in [2.05, 4.69) is 21.6 Å². The van der Waals surface area contributed by atoms with Crippen molar-refractivity contribution < 1.29 is 8.42 Å². The van der Waals surface area contributed by atoms with E-state index in [1.165, 1.54) is 0 Å². The smallest absolute Gasteiger partial charge is 0.279 e. The van der Waals surface area contributed by atoms with Crippen LogP contribution >= 0.6 is 0 Å². The second-order valence-electron chi connectivity index (χ2n) is 5.12. The molecule has 2 N–H and O–H groups in total. The molecule has 0 unspecified atom stereocenters. The van der Waals surface area contributed by atoms with Crippen LogP contribution in [0.3, 0.4) is 0 Å². The molecule has 2 rings (SSSR count). The van der Waals surface area contributed by atoms with E-state index in [1.807, 2.05) is 0 Å². The van der Waals surface area contributed by atoms with Crippen LogP contribution in [0.4, 0.5) is 0 Å². The van der Waals surface area contributed by atoms with Gasteiger partial charge in [0.05, 0.1) is 0 Å². The Morgan fingerprint density at radius 2 is 2.21 bits per heavy atom. The topological polar surface area (TPSA) is 78.1 Å². The molecule has 1 saturated heterocycles. The molecule has 1 fully saturated rings. The minimum atomic E-state index is -3.30. The molecule has 108 valence electrons. The van der Waals surface area contributed by atoms with Gasteiger partial charge in [0.1, 0.15) is 5.82 Å². The monoisotopic (exact) mass is 286 g/mol. The minimum absolute atomic E-state index is 0.453. The maximum absolute atomic E-state index is 12.0. The lowest BCUT2D eigenvalue weighted by Gasteiger charge is -2.29. The zero-order valence-corrected chi connectivity index (χ0v) is 12.1. The first kappa shape index (κ1) is 14.5. The first-order valence-corrected chi connectivity index (χ1v) is 8.25. The zero-order chi connectivity index (χ0) is 13.7. The summed E-state index contributed by atoms with van der Waals surface area (Å²) in [6, 6.07) is 0. The van der Waals surface area contributed by atoms with Crippen molar-refractivity contribution in [1.29, 1.82) is 0 Å². The summed E-state index contributed by atoms with van der Waals surface area (Å²) < 4.78 is 28.3. The van der Waals surface area contributed by atoms with Gasteiger partial charge in [-0.1, -0.05) is 6.92 Å². The van der Waals surface area contributed by atoms with Crippen molar-refractivity contribution in [3.05, 3.63) is 18.2 Å². The maximum atomic E-state index is 12.0. The second kappa shape index (κ2) is 6.49. The molecule has 1 aliphatic heterocycles. The van der Waals surface area contributed by atoms with Gasteiger partial charge in [-0.2, -0.15) is 12.7 Å². The van der Waals surface area contributed by atoms with Crippen LogP contribution in [0.5, 0.6) is 0 Å². The lowest BCUT2D eigenvalue weighted by molar-refractivity contribution is 0.285. The molecule has 0 atom stereocenters. The summed E-state index contributed by atoms with van der Waals surface area (Å²) in [6.07, 6.45) is 6.88. The Kier molecular flexibility index (Phi) is 4.95. The number of imidazole rings is 1. The Bertz CT molecular complexity index is 464. The van der Waals surface area contributed by atoms with E-state index in [1.54, 1.807) is 16.7 Å². The second-order valence-corrected chi connectivity index (χ2v) is 6.88. The Balaban J connectivity index is 1.72. The molecular formula is C12H22N4O2S. The van der Waals surface area contributed by atoms with Gasteiger partial charge < -0.3 is 4.98 Å². The van der Waals surface area contributed by atoms with Crippen LogP contribution in [-0.4, -0.2) is 42.3 Å². The largest absolute Gasteiger partial charge is 0.349 e. The Labute approximate surface area is 114 Å². The first-order valence-electron chi connectivity index (χ1n) is 6.81. The highest BCUT2D eigenvalue weighted by Crippen LogP contribution is 2.17. The molecule has 0 amide bonds. The molecule has 0 spiro atoms. The van der Waals surface area contributed by atoms with E-state index >= 15 is 0 Å². The SMILES string of the molecule is CC1CCN(S(=O)(=O)NCCCc2ncc[nH]2)CC1. The number of aromatic amines is 1. The number of hydrogen-bond donors (Lipinski definition) is 2. The van der Waals surface area contributed by atoms with Crippen LogP contribution in [-0.2, 0) is 16.6 Å². The van der Waals surface area contributed by atoms with Crippen molar-refractivity contribution in [2.24, 2.45) is 5.92 Å². The summed E-state index contributed by atoms with van der Waals surface area (Å²) in [7, 11) is -3.30. The Hall–Kier alpha value is -0.920. The number of H-pyrrole nitrogens is 1. The normalized spacial score (nSPS) is 18.8. The van der Waals surface area contributed by atoms with Crippen molar-refractivity contribution >= 4 is 10.2 Å². The summed E-state index contributed by atoms with van der Waals surface area (Å²) in [5.41, 5.74) is 0. The number of nitrogens with zero attached hydrogens (tertiary/aromatic N) is 2. The number of aryl methyl sites for hydroxylation is 1. The van der Waals surface area contributed by atoms with Gasteiger partial charge in [-0.05, 0) is 25.2 Å². The number of rotatable bonds is 6. The van der Waals surface area contributed by atoms with Crippen molar-refractivity contribution in [2.45, 2.75) is 32.6 Å². The van der Waals surface area contributed by atoms with E-state index in [-0.39, 0.29) is 0 Å². The third-order valence-electron chi connectivity index (χ3n) is 3.51. The van der Waals surface area contributed by atoms with Crippen LogP contribution in [0, 0.1) is 5.92 Å². The summed E-state index contributed by atoms with van der Waals surface area (Å²) in [5.74, 6) is 1.52. The lowest BCUT2D eigenvalue weighted by atomic mass is 10.0. The molecule has 0 bridgehead atoms. The summed E-state index contributed by atoms with van der Waals surface area (Å²) in [6.45, 7) is 3.89. The molecule has 0 aliphatic carbocycles. The van der Waals surface area contributed by atoms with Crippen LogP contribution in [0.1, 0.15) is 32.0 Å². The van der Waals surface area contributed by atoms with E-state index in [4.69, 9.17) is 0 Å². The lowest BCUT2D eigenvalue weighted by Crippen LogP contribution is -2.45. The van der Waals surface area contributed by atoms with Crippen LogP contribution < -0.4 is 4.72 Å².